The summed E-state index contributed by atoms with van der Waals surface area (Å²) in [6.07, 6.45) is 6.00. The molecule has 27 heavy (non-hydrogen) atoms. The summed E-state index contributed by atoms with van der Waals surface area (Å²) < 4.78 is 42.3. The van der Waals surface area contributed by atoms with Crippen molar-refractivity contribution in [1.29, 1.82) is 0 Å². The van der Waals surface area contributed by atoms with Crippen molar-refractivity contribution in [3.63, 3.8) is 0 Å². The smallest absolute Gasteiger partial charge is 0.339 e. The average molecular weight is 372 g/mol. The molecule has 0 aromatic heterocycles. The van der Waals surface area contributed by atoms with E-state index in [0.717, 1.165) is 32.1 Å². The van der Waals surface area contributed by atoms with Gasteiger partial charge in [0.05, 0.1) is 23.2 Å². The van der Waals surface area contributed by atoms with Gasteiger partial charge in [0, 0.05) is 0 Å². The predicted octanol–water partition coefficient (Wildman–Crippen LogP) is 5.56. The second-order valence-electron chi connectivity index (χ2n) is 6.22. The van der Waals surface area contributed by atoms with Crippen molar-refractivity contribution in [2.24, 2.45) is 0 Å². The number of carbonyl (C=O) groups excluding carboxylic acids is 2. The molecule has 0 unspecified atom stereocenters. The van der Waals surface area contributed by atoms with Gasteiger partial charge in [0.2, 0.25) is 0 Å². The minimum absolute atomic E-state index is 0.0886. The summed E-state index contributed by atoms with van der Waals surface area (Å²) in [6.45, 7) is 2.16. The average Bonchev–Trinajstić information content (AvgIpc) is 2.78. The Morgan fingerprint density at radius 3 is 2.11 bits per heavy atom. The van der Waals surface area contributed by atoms with E-state index < -0.39 is 47.2 Å². The van der Waals surface area contributed by atoms with Crippen molar-refractivity contribution in [2.45, 2.75) is 52.1 Å². The van der Waals surface area contributed by atoms with E-state index >= 15 is 0 Å². The molecule has 2 rings (SSSR count). The lowest BCUT2D eigenvalue weighted by Crippen LogP contribution is -2.14. The number of hydrogen-bond donors (Lipinski definition) is 0. The van der Waals surface area contributed by atoms with Crippen LogP contribution in [0.3, 0.4) is 0 Å². The van der Waals surface area contributed by atoms with Crippen molar-refractivity contribution < 1.29 is 24.5 Å². The summed E-state index contributed by atoms with van der Waals surface area (Å²) in [5.74, 6) is -1.95. The van der Waals surface area contributed by atoms with Crippen LogP contribution in [0.25, 0.3) is 0 Å². The van der Waals surface area contributed by atoms with Gasteiger partial charge < -0.3 is 9.47 Å². The molecule has 0 amide bonds. The first-order chi connectivity index (χ1) is 14.9. The van der Waals surface area contributed by atoms with Gasteiger partial charge in [-0.05, 0) is 24.1 Å². The fourth-order valence-electron chi connectivity index (χ4n) is 2.53. The highest BCUT2D eigenvalue weighted by Gasteiger charge is 2.18. The SMILES string of the molecule is [2H]c1c([2H])c([2H])c(C(=O)OCc2ccccc2)c(C(=O)OCCCCCCCC)c1[2H]. The fraction of sp³-hybridized carbons (Fsp3) is 0.391. The van der Waals surface area contributed by atoms with E-state index in [1.807, 2.05) is 6.07 Å². The van der Waals surface area contributed by atoms with Crippen molar-refractivity contribution in [2.75, 3.05) is 6.61 Å². The van der Waals surface area contributed by atoms with Crippen LogP contribution in [0, 0.1) is 0 Å². The number of hydrogen-bond acceptors (Lipinski definition) is 4. The minimum atomic E-state index is -0.998. The lowest BCUT2D eigenvalue weighted by molar-refractivity contribution is 0.0436. The highest BCUT2D eigenvalue weighted by molar-refractivity contribution is 6.03. The van der Waals surface area contributed by atoms with E-state index in [9.17, 15) is 9.59 Å². The Hall–Kier alpha value is -2.62. The summed E-state index contributed by atoms with van der Waals surface area (Å²) in [5, 5.41) is 0. The van der Waals surface area contributed by atoms with E-state index in [-0.39, 0.29) is 13.2 Å². The molecule has 4 nitrogen and oxygen atoms in total. The van der Waals surface area contributed by atoms with E-state index in [1.165, 1.54) is 0 Å². The van der Waals surface area contributed by atoms with Crippen molar-refractivity contribution in [1.82, 2.24) is 0 Å². The van der Waals surface area contributed by atoms with Gasteiger partial charge in [0.15, 0.2) is 0 Å². The van der Waals surface area contributed by atoms with Gasteiger partial charge in [-0.3, -0.25) is 0 Å². The number of rotatable bonds is 11. The second kappa shape index (κ2) is 11.9. The van der Waals surface area contributed by atoms with Crippen LogP contribution >= 0.6 is 0 Å². The quantitative estimate of drug-likeness (QED) is 0.383. The van der Waals surface area contributed by atoms with Gasteiger partial charge >= 0.3 is 11.9 Å². The highest BCUT2D eigenvalue weighted by atomic mass is 16.5. The Morgan fingerprint density at radius 1 is 0.852 bits per heavy atom. The van der Waals surface area contributed by atoms with Gasteiger partial charge in [-0.15, -0.1) is 0 Å². The van der Waals surface area contributed by atoms with Crippen LogP contribution in [0.4, 0.5) is 0 Å². The minimum Gasteiger partial charge on any atom is -0.462 e. The van der Waals surface area contributed by atoms with E-state index in [1.54, 1.807) is 24.3 Å². The maximum atomic E-state index is 12.7. The molecule has 0 aliphatic heterocycles. The van der Waals surface area contributed by atoms with Crippen molar-refractivity contribution in [3.8, 4) is 0 Å². The molecule has 0 N–H and O–H groups in total. The Kier molecular flexibility index (Phi) is 6.80. The van der Waals surface area contributed by atoms with Gasteiger partial charge in [-0.2, -0.15) is 0 Å². The molecule has 0 saturated heterocycles. The summed E-state index contributed by atoms with van der Waals surface area (Å²) >= 11 is 0. The number of carbonyl (C=O) groups is 2. The molecule has 4 heteroatoms. The van der Waals surface area contributed by atoms with Crippen LogP contribution in [0.15, 0.2) is 54.5 Å². The van der Waals surface area contributed by atoms with Crippen LogP contribution in [0.1, 0.15) is 77.2 Å². The maximum Gasteiger partial charge on any atom is 0.339 e. The third-order valence-electron chi connectivity index (χ3n) is 4.04. The Balaban J connectivity index is 2.15. The summed E-state index contributed by atoms with van der Waals surface area (Å²) in [5.41, 5.74) is -0.284. The van der Waals surface area contributed by atoms with Gasteiger partial charge in [-0.1, -0.05) is 81.4 Å². The molecule has 0 aliphatic carbocycles. The summed E-state index contributed by atoms with van der Waals surface area (Å²) in [4.78, 5) is 25.3. The molecule has 0 saturated carbocycles. The van der Waals surface area contributed by atoms with Crippen LogP contribution in [0.2, 0.25) is 0 Å². The summed E-state index contributed by atoms with van der Waals surface area (Å²) in [7, 11) is 0. The third kappa shape index (κ3) is 7.26. The van der Waals surface area contributed by atoms with E-state index in [0.29, 0.717) is 12.0 Å². The normalized spacial score (nSPS) is 12.5. The second-order valence-corrected chi connectivity index (χ2v) is 6.22. The Morgan fingerprint density at radius 2 is 1.44 bits per heavy atom. The van der Waals surface area contributed by atoms with Crippen molar-refractivity contribution in [3.05, 3.63) is 71.2 Å². The molecule has 0 spiro atoms. The number of ether oxygens (including phenoxy) is 2. The Labute approximate surface area is 167 Å². The topological polar surface area (TPSA) is 52.6 Å². The van der Waals surface area contributed by atoms with Crippen molar-refractivity contribution >= 4 is 11.9 Å². The lowest BCUT2D eigenvalue weighted by Gasteiger charge is -2.10. The molecule has 0 atom stereocenters. The largest absolute Gasteiger partial charge is 0.462 e. The first-order valence-corrected chi connectivity index (χ1v) is 9.37. The van der Waals surface area contributed by atoms with Crippen LogP contribution in [-0.2, 0) is 16.1 Å². The lowest BCUT2D eigenvalue weighted by atomic mass is 10.1. The van der Waals surface area contributed by atoms with Crippen LogP contribution in [0.5, 0.6) is 0 Å². The van der Waals surface area contributed by atoms with Gasteiger partial charge in [0.1, 0.15) is 6.61 Å². The first kappa shape index (κ1) is 15.4. The standard InChI is InChI=1S/C23H28O4/c1-2-3-4-5-6-12-17-26-22(24)20-15-10-11-16-21(20)23(25)27-18-19-13-8-7-9-14-19/h7-11,13-16H,2-6,12,17-18H2,1H3/i10D,11D,15D,16D. The molecule has 0 heterocycles. The number of unbranched alkanes of at least 4 members (excludes halogenated alkanes) is 5. The molecular formula is C23H28O4. The molecule has 0 bridgehead atoms. The number of benzene rings is 2. The molecular weight excluding hydrogens is 340 g/mol. The van der Waals surface area contributed by atoms with E-state index in [2.05, 4.69) is 6.92 Å². The zero-order valence-corrected chi connectivity index (χ0v) is 15.7. The first-order valence-electron chi connectivity index (χ1n) is 11.4. The molecule has 2 aromatic carbocycles. The highest BCUT2D eigenvalue weighted by Crippen LogP contribution is 2.14. The maximum absolute atomic E-state index is 12.7. The third-order valence-corrected chi connectivity index (χ3v) is 4.04. The molecule has 144 valence electrons. The fourth-order valence-corrected chi connectivity index (χ4v) is 2.53. The number of esters is 2. The predicted molar refractivity (Wildman–Crippen MR) is 106 cm³/mol. The van der Waals surface area contributed by atoms with Gasteiger partial charge in [-0.25, -0.2) is 9.59 Å². The molecule has 0 fully saturated rings. The Bertz CT molecular complexity index is 900. The van der Waals surface area contributed by atoms with E-state index in [4.69, 9.17) is 15.0 Å². The zero-order chi connectivity index (χ0) is 22.8. The molecule has 0 radical (unpaired) electrons. The summed E-state index contributed by atoms with van der Waals surface area (Å²) in [6, 6.07) is 6.45. The van der Waals surface area contributed by atoms with Gasteiger partial charge in [0.25, 0.3) is 0 Å². The molecule has 2 aromatic rings. The van der Waals surface area contributed by atoms with Crippen LogP contribution in [-0.4, -0.2) is 18.5 Å². The zero-order valence-electron chi connectivity index (χ0n) is 19.7. The molecule has 0 aliphatic rings. The van der Waals surface area contributed by atoms with Crippen LogP contribution < -0.4 is 0 Å². The monoisotopic (exact) mass is 372 g/mol.